The van der Waals surface area contributed by atoms with E-state index >= 15 is 0 Å². The predicted molar refractivity (Wildman–Crippen MR) is 103 cm³/mol. The molecule has 4 saturated carbocycles. The van der Waals surface area contributed by atoms with Crippen LogP contribution in [0.4, 0.5) is 0 Å². The quantitative estimate of drug-likeness (QED) is 0.840. The van der Waals surface area contributed by atoms with Crippen molar-refractivity contribution in [3.05, 3.63) is 23.8 Å². The van der Waals surface area contributed by atoms with E-state index < -0.39 is 5.72 Å². The lowest BCUT2D eigenvalue weighted by Gasteiger charge is -2.55. The number of amides is 2. The van der Waals surface area contributed by atoms with E-state index in [-0.39, 0.29) is 29.6 Å². The summed E-state index contributed by atoms with van der Waals surface area (Å²) in [7, 11) is 1.61. The fraction of sp³-hybridized carbons (Fsp3) is 0.636. The lowest BCUT2D eigenvalue weighted by atomic mass is 9.60. The lowest BCUT2D eigenvalue weighted by molar-refractivity contribution is -0.147. The van der Waals surface area contributed by atoms with Gasteiger partial charge in [0, 0.05) is 30.4 Å². The zero-order chi connectivity index (χ0) is 19.3. The maximum absolute atomic E-state index is 12.9. The summed E-state index contributed by atoms with van der Waals surface area (Å²) in [5, 5.41) is 6.44. The number of rotatable bonds is 3. The maximum Gasteiger partial charge on any atom is 0.258 e. The van der Waals surface area contributed by atoms with Gasteiger partial charge in [0.05, 0.1) is 12.7 Å². The lowest BCUT2D eigenvalue weighted by Crippen LogP contribution is -2.67. The Balaban J connectivity index is 1.35. The van der Waals surface area contributed by atoms with Crippen LogP contribution in [0.1, 0.15) is 61.7 Å². The third-order valence-electron chi connectivity index (χ3n) is 7.31. The highest BCUT2D eigenvalue weighted by molar-refractivity contribution is 5.98. The molecule has 0 radical (unpaired) electrons. The third-order valence-corrected chi connectivity index (χ3v) is 7.31. The molecule has 2 amide bonds. The van der Waals surface area contributed by atoms with Crippen molar-refractivity contribution in [2.45, 2.75) is 63.1 Å². The first-order valence-corrected chi connectivity index (χ1v) is 10.6. The van der Waals surface area contributed by atoms with Crippen LogP contribution in [-0.4, -0.2) is 30.7 Å². The van der Waals surface area contributed by atoms with Crippen LogP contribution >= 0.6 is 0 Å². The molecule has 4 fully saturated rings. The molecular weight excluding hydrogens is 356 g/mol. The summed E-state index contributed by atoms with van der Waals surface area (Å²) in [5.41, 5.74) is -0.146. The number of benzene rings is 1. The summed E-state index contributed by atoms with van der Waals surface area (Å²) in [6.07, 6.45) is 8.13. The third kappa shape index (κ3) is 2.85. The van der Waals surface area contributed by atoms with Gasteiger partial charge in [-0.25, -0.2) is 0 Å². The Morgan fingerprint density at radius 2 is 2.07 bits per heavy atom. The standard InChI is InChI=1S/C22H28N2O4/c1-27-16-8-9-17-19(11-16)28-22(24-21(17)26)12-13-6-7-14(22)10-18(13)20(25)23-15-4-2-3-5-15/h8-9,11,13-15,18H,2-7,10,12H2,1H3,(H,23,25)(H,24,26). The van der Waals surface area contributed by atoms with Gasteiger partial charge >= 0.3 is 0 Å². The van der Waals surface area contributed by atoms with Crippen molar-refractivity contribution in [1.29, 1.82) is 0 Å². The highest BCUT2D eigenvalue weighted by Gasteiger charge is 2.57. The topological polar surface area (TPSA) is 76.7 Å². The van der Waals surface area contributed by atoms with Gasteiger partial charge in [0.2, 0.25) is 5.91 Å². The molecule has 2 N–H and O–H groups in total. The van der Waals surface area contributed by atoms with Crippen molar-refractivity contribution in [3.8, 4) is 11.5 Å². The number of carbonyl (C=O) groups is 2. The molecule has 6 nitrogen and oxygen atoms in total. The van der Waals surface area contributed by atoms with Gasteiger partial charge in [-0.05, 0) is 50.2 Å². The van der Waals surface area contributed by atoms with Gasteiger partial charge in [0.25, 0.3) is 5.91 Å². The van der Waals surface area contributed by atoms with Crippen LogP contribution in [0.15, 0.2) is 18.2 Å². The number of ether oxygens (including phenoxy) is 2. The van der Waals surface area contributed by atoms with Crippen LogP contribution in [0.25, 0.3) is 0 Å². The largest absolute Gasteiger partial charge is 0.497 e. The van der Waals surface area contributed by atoms with Crippen LogP contribution in [0.3, 0.4) is 0 Å². The Hall–Kier alpha value is -2.24. The molecular formula is C22H28N2O4. The molecule has 2 bridgehead atoms. The van der Waals surface area contributed by atoms with E-state index in [4.69, 9.17) is 9.47 Å². The number of carbonyl (C=O) groups excluding carboxylic acids is 2. The molecule has 0 saturated heterocycles. The van der Waals surface area contributed by atoms with Crippen molar-refractivity contribution >= 4 is 11.8 Å². The Morgan fingerprint density at radius 3 is 2.79 bits per heavy atom. The van der Waals surface area contributed by atoms with Crippen molar-refractivity contribution in [1.82, 2.24) is 10.6 Å². The van der Waals surface area contributed by atoms with E-state index in [0.717, 1.165) is 32.1 Å². The summed E-state index contributed by atoms with van der Waals surface area (Å²) < 4.78 is 11.7. The first-order valence-electron chi connectivity index (χ1n) is 10.6. The summed E-state index contributed by atoms with van der Waals surface area (Å²) in [6.45, 7) is 0. The molecule has 4 atom stereocenters. The van der Waals surface area contributed by atoms with Crippen LogP contribution in [0.5, 0.6) is 11.5 Å². The van der Waals surface area contributed by atoms with Gasteiger partial charge in [-0.1, -0.05) is 12.8 Å². The van der Waals surface area contributed by atoms with Gasteiger partial charge in [-0.2, -0.15) is 0 Å². The number of hydrogen-bond acceptors (Lipinski definition) is 4. The van der Waals surface area contributed by atoms with E-state index in [1.165, 1.54) is 12.8 Å². The second-order valence-electron chi connectivity index (χ2n) is 8.88. The summed E-state index contributed by atoms with van der Waals surface area (Å²) in [5.74, 6) is 1.82. The number of methoxy groups -OCH3 is 1. The second kappa shape index (κ2) is 6.68. The Kier molecular flexibility index (Phi) is 4.25. The highest BCUT2D eigenvalue weighted by Crippen LogP contribution is 2.52. The molecule has 5 aliphatic rings. The SMILES string of the molecule is COc1ccc2c(c1)OC1(CC3CCC1CC3C(=O)NC1CCCC1)NC2=O. The number of hydrogen-bond donors (Lipinski definition) is 2. The van der Waals surface area contributed by atoms with Gasteiger partial charge in [-0.3, -0.25) is 9.59 Å². The zero-order valence-corrected chi connectivity index (χ0v) is 16.3. The fourth-order valence-electron chi connectivity index (χ4n) is 5.82. The molecule has 1 aliphatic heterocycles. The van der Waals surface area contributed by atoms with E-state index in [2.05, 4.69) is 10.6 Å². The summed E-state index contributed by atoms with van der Waals surface area (Å²) in [4.78, 5) is 25.7. The average Bonchev–Trinajstić information content (AvgIpc) is 3.20. The molecule has 6 heteroatoms. The number of nitrogens with one attached hydrogen (secondary N) is 2. The van der Waals surface area contributed by atoms with Crippen LogP contribution in [-0.2, 0) is 4.79 Å². The summed E-state index contributed by atoms with van der Waals surface area (Å²) in [6, 6.07) is 5.67. The molecule has 28 heavy (non-hydrogen) atoms. The Morgan fingerprint density at radius 1 is 1.25 bits per heavy atom. The first-order chi connectivity index (χ1) is 13.6. The van der Waals surface area contributed by atoms with Crippen molar-refractivity contribution < 1.29 is 19.1 Å². The summed E-state index contributed by atoms with van der Waals surface area (Å²) >= 11 is 0. The average molecular weight is 384 g/mol. The van der Waals surface area contributed by atoms with Crippen LogP contribution in [0, 0.1) is 17.8 Å². The van der Waals surface area contributed by atoms with E-state index in [0.29, 0.717) is 29.5 Å². The molecule has 1 aromatic rings. The Labute approximate surface area is 165 Å². The minimum atomic E-state index is -0.691. The minimum absolute atomic E-state index is 0.0391. The van der Waals surface area contributed by atoms with Crippen molar-refractivity contribution in [3.63, 3.8) is 0 Å². The molecule has 150 valence electrons. The van der Waals surface area contributed by atoms with E-state index in [1.54, 1.807) is 25.3 Å². The molecule has 4 aliphatic carbocycles. The Bertz CT molecular complexity index is 804. The smallest absolute Gasteiger partial charge is 0.258 e. The second-order valence-corrected chi connectivity index (χ2v) is 8.88. The van der Waals surface area contributed by atoms with Gasteiger partial charge in [0.15, 0.2) is 5.72 Å². The van der Waals surface area contributed by atoms with Gasteiger partial charge in [-0.15, -0.1) is 0 Å². The molecule has 1 heterocycles. The molecule has 1 spiro atoms. The van der Waals surface area contributed by atoms with Gasteiger partial charge < -0.3 is 20.1 Å². The highest BCUT2D eigenvalue weighted by atomic mass is 16.5. The van der Waals surface area contributed by atoms with Crippen molar-refractivity contribution in [2.24, 2.45) is 17.8 Å². The first kappa shape index (κ1) is 17.8. The van der Waals surface area contributed by atoms with E-state index in [9.17, 15) is 9.59 Å². The van der Waals surface area contributed by atoms with Crippen LogP contribution in [0.2, 0.25) is 0 Å². The normalized spacial score (nSPS) is 33.9. The maximum atomic E-state index is 12.9. The minimum Gasteiger partial charge on any atom is -0.497 e. The molecule has 1 aromatic carbocycles. The zero-order valence-electron chi connectivity index (χ0n) is 16.3. The predicted octanol–water partition coefficient (Wildman–Crippen LogP) is 3.01. The number of fused-ring (bicyclic) bond motifs is 3. The molecule has 4 unspecified atom stereocenters. The monoisotopic (exact) mass is 384 g/mol. The van der Waals surface area contributed by atoms with Gasteiger partial charge in [0.1, 0.15) is 11.5 Å². The van der Waals surface area contributed by atoms with E-state index in [1.807, 2.05) is 0 Å². The fourth-order valence-corrected chi connectivity index (χ4v) is 5.82. The molecule has 6 rings (SSSR count). The van der Waals surface area contributed by atoms with Crippen molar-refractivity contribution in [2.75, 3.05) is 7.11 Å². The molecule has 0 aromatic heterocycles. The van der Waals surface area contributed by atoms with Crippen LogP contribution < -0.4 is 20.1 Å².